The number of carbonyl (C=O) groups excluding carboxylic acids is 1. The highest BCUT2D eigenvalue weighted by Gasteiger charge is 2.34. The smallest absolute Gasteiger partial charge is 0.282 e. The van der Waals surface area contributed by atoms with Crippen LogP contribution in [0.1, 0.15) is 12.5 Å². The van der Waals surface area contributed by atoms with Gasteiger partial charge in [-0.2, -0.15) is 4.31 Å². The Bertz CT molecular complexity index is 874. The molecule has 1 aliphatic heterocycles. The first-order valence-corrected chi connectivity index (χ1v) is 10.6. The molecular weight excluding hydrogens is 362 g/mol. The van der Waals surface area contributed by atoms with E-state index in [4.69, 9.17) is 0 Å². The van der Waals surface area contributed by atoms with Crippen molar-refractivity contribution in [3.05, 3.63) is 60.2 Å². The van der Waals surface area contributed by atoms with E-state index >= 15 is 0 Å². The SMILES string of the molecule is Cc1ccc(S(=O)(=O)N2CC[NH+]([C@@H](C)C(=O)Nc3ccccc3)CC2)cc1. The number of quaternary nitrogens is 1. The fourth-order valence-electron chi connectivity index (χ4n) is 3.26. The number of carbonyl (C=O) groups is 1. The van der Waals surface area contributed by atoms with Gasteiger partial charge in [0.05, 0.1) is 31.1 Å². The standard InChI is InChI=1S/C20H25N3O3S/c1-16-8-10-19(11-9-16)27(25,26)23-14-12-22(13-15-23)17(2)20(24)21-18-6-4-3-5-7-18/h3-11,17H,12-15H2,1-2H3,(H,21,24)/p+1/t17-/m0/s1. The molecule has 0 spiro atoms. The third-order valence-corrected chi connectivity index (χ3v) is 6.98. The largest absolute Gasteiger partial charge is 0.323 e. The number of para-hydroxylation sites is 1. The summed E-state index contributed by atoms with van der Waals surface area (Å²) in [5.41, 5.74) is 1.80. The van der Waals surface area contributed by atoms with Gasteiger partial charge in [-0.05, 0) is 38.1 Å². The molecule has 7 heteroatoms. The van der Waals surface area contributed by atoms with Gasteiger partial charge < -0.3 is 10.2 Å². The predicted molar refractivity (Wildman–Crippen MR) is 105 cm³/mol. The lowest BCUT2D eigenvalue weighted by Crippen LogP contribution is -3.19. The summed E-state index contributed by atoms with van der Waals surface area (Å²) in [5, 5.41) is 2.92. The normalized spacial score (nSPS) is 17.4. The van der Waals surface area contributed by atoms with E-state index < -0.39 is 10.0 Å². The van der Waals surface area contributed by atoms with Crippen molar-refractivity contribution < 1.29 is 18.1 Å². The zero-order valence-electron chi connectivity index (χ0n) is 15.7. The van der Waals surface area contributed by atoms with Gasteiger partial charge in [0.2, 0.25) is 10.0 Å². The lowest BCUT2D eigenvalue weighted by atomic mass is 10.2. The molecular formula is C20H26N3O3S+. The molecule has 27 heavy (non-hydrogen) atoms. The molecule has 1 atom stereocenters. The maximum atomic E-state index is 12.8. The summed E-state index contributed by atoms with van der Waals surface area (Å²) in [6, 6.07) is 16.0. The highest BCUT2D eigenvalue weighted by molar-refractivity contribution is 7.89. The number of hydrogen-bond donors (Lipinski definition) is 2. The minimum atomic E-state index is -3.48. The second-order valence-electron chi connectivity index (χ2n) is 6.95. The van der Waals surface area contributed by atoms with Crippen LogP contribution < -0.4 is 10.2 Å². The van der Waals surface area contributed by atoms with Gasteiger partial charge in [0.1, 0.15) is 0 Å². The van der Waals surface area contributed by atoms with Crippen molar-refractivity contribution in [2.75, 3.05) is 31.5 Å². The zero-order chi connectivity index (χ0) is 19.4. The minimum Gasteiger partial charge on any atom is -0.323 e. The highest BCUT2D eigenvalue weighted by Crippen LogP contribution is 2.16. The molecule has 0 saturated carbocycles. The molecule has 1 fully saturated rings. The first-order chi connectivity index (χ1) is 12.9. The van der Waals surface area contributed by atoms with Gasteiger partial charge in [-0.1, -0.05) is 35.9 Å². The minimum absolute atomic E-state index is 0.0500. The molecule has 2 aromatic carbocycles. The number of anilines is 1. The summed E-state index contributed by atoms with van der Waals surface area (Å²) in [6.45, 7) is 5.85. The quantitative estimate of drug-likeness (QED) is 0.800. The van der Waals surface area contributed by atoms with Gasteiger partial charge in [-0.3, -0.25) is 4.79 Å². The second-order valence-corrected chi connectivity index (χ2v) is 8.89. The summed E-state index contributed by atoms with van der Waals surface area (Å²) in [7, 11) is -3.48. The number of aryl methyl sites for hydroxylation is 1. The molecule has 1 saturated heterocycles. The van der Waals surface area contributed by atoms with Gasteiger partial charge in [0, 0.05) is 5.69 Å². The average Bonchev–Trinajstić information content (AvgIpc) is 2.68. The molecule has 1 aliphatic rings. The van der Waals surface area contributed by atoms with Crippen LogP contribution >= 0.6 is 0 Å². The molecule has 2 aromatic rings. The number of sulfonamides is 1. The third kappa shape index (κ3) is 4.55. The summed E-state index contributed by atoms with van der Waals surface area (Å²) >= 11 is 0. The van der Waals surface area contributed by atoms with Gasteiger partial charge in [0.15, 0.2) is 6.04 Å². The summed E-state index contributed by atoms with van der Waals surface area (Å²) in [6.07, 6.45) is 0. The number of amides is 1. The number of piperazine rings is 1. The zero-order valence-corrected chi connectivity index (χ0v) is 16.5. The van der Waals surface area contributed by atoms with Crippen molar-refractivity contribution in [3.8, 4) is 0 Å². The van der Waals surface area contributed by atoms with E-state index in [0.29, 0.717) is 31.1 Å². The van der Waals surface area contributed by atoms with Crippen molar-refractivity contribution in [2.24, 2.45) is 0 Å². The lowest BCUT2D eigenvalue weighted by molar-refractivity contribution is -0.917. The lowest BCUT2D eigenvalue weighted by Gasteiger charge is -2.34. The Hall–Kier alpha value is -2.22. The number of nitrogens with zero attached hydrogens (tertiary/aromatic N) is 1. The molecule has 1 heterocycles. The maximum Gasteiger partial charge on any atom is 0.282 e. The average molecular weight is 389 g/mol. The fourth-order valence-corrected chi connectivity index (χ4v) is 4.70. The van der Waals surface area contributed by atoms with Crippen LogP contribution in [0.25, 0.3) is 0 Å². The molecule has 2 N–H and O–H groups in total. The van der Waals surface area contributed by atoms with E-state index in [0.717, 1.165) is 16.2 Å². The van der Waals surface area contributed by atoms with Gasteiger partial charge in [0.25, 0.3) is 5.91 Å². The van der Waals surface area contributed by atoms with Crippen molar-refractivity contribution in [3.63, 3.8) is 0 Å². The monoisotopic (exact) mass is 388 g/mol. The molecule has 3 rings (SSSR count). The number of hydrogen-bond acceptors (Lipinski definition) is 3. The van der Waals surface area contributed by atoms with Crippen LogP contribution in [0.5, 0.6) is 0 Å². The van der Waals surface area contributed by atoms with Crippen molar-refractivity contribution in [1.29, 1.82) is 0 Å². The number of rotatable bonds is 5. The van der Waals surface area contributed by atoms with E-state index in [1.165, 1.54) is 4.31 Å². The second kappa shape index (κ2) is 8.21. The Kier molecular flexibility index (Phi) is 5.94. The molecule has 0 aromatic heterocycles. The molecule has 0 unspecified atom stereocenters. The van der Waals surface area contributed by atoms with Gasteiger partial charge in [-0.25, -0.2) is 8.42 Å². The molecule has 0 radical (unpaired) electrons. The Morgan fingerprint density at radius 3 is 2.22 bits per heavy atom. The molecule has 0 bridgehead atoms. The van der Waals surface area contributed by atoms with Crippen LogP contribution in [0.4, 0.5) is 5.69 Å². The van der Waals surface area contributed by atoms with Crippen LogP contribution in [0, 0.1) is 6.92 Å². The fraction of sp³-hybridized carbons (Fsp3) is 0.350. The van der Waals surface area contributed by atoms with Crippen LogP contribution in [0.2, 0.25) is 0 Å². The number of nitrogens with one attached hydrogen (secondary N) is 2. The van der Waals surface area contributed by atoms with Crippen molar-refractivity contribution in [2.45, 2.75) is 24.8 Å². The predicted octanol–water partition coefficient (Wildman–Crippen LogP) is 0.911. The van der Waals surface area contributed by atoms with E-state index in [9.17, 15) is 13.2 Å². The van der Waals surface area contributed by atoms with Gasteiger partial charge in [-0.15, -0.1) is 0 Å². The Balaban J connectivity index is 1.59. The molecule has 0 aliphatic carbocycles. The summed E-state index contributed by atoms with van der Waals surface area (Å²) in [5.74, 6) is -0.0500. The third-order valence-electron chi connectivity index (χ3n) is 5.07. The summed E-state index contributed by atoms with van der Waals surface area (Å²) < 4.78 is 27.1. The van der Waals surface area contributed by atoms with Crippen LogP contribution in [-0.4, -0.2) is 50.9 Å². The molecule has 1 amide bonds. The van der Waals surface area contributed by atoms with Crippen molar-refractivity contribution >= 4 is 21.6 Å². The summed E-state index contributed by atoms with van der Waals surface area (Å²) in [4.78, 5) is 13.9. The Morgan fingerprint density at radius 2 is 1.63 bits per heavy atom. The van der Waals surface area contributed by atoms with Crippen molar-refractivity contribution in [1.82, 2.24) is 4.31 Å². The number of benzene rings is 2. The molecule has 144 valence electrons. The van der Waals surface area contributed by atoms with Crippen LogP contribution in [-0.2, 0) is 14.8 Å². The topological polar surface area (TPSA) is 70.9 Å². The first kappa shape index (κ1) is 19.5. The van der Waals surface area contributed by atoms with E-state index in [1.54, 1.807) is 12.1 Å². The van der Waals surface area contributed by atoms with E-state index in [1.807, 2.05) is 56.3 Å². The molecule has 6 nitrogen and oxygen atoms in total. The Labute approximate surface area is 160 Å². The maximum absolute atomic E-state index is 12.8. The van der Waals surface area contributed by atoms with E-state index in [2.05, 4.69) is 5.32 Å². The van der Waals surface area contributed by atoms with Gasteiger partial charge >= 0.3 is 0 Å². The van der Waals surface area contributed by atoms with Crippen LogP contribution in [0.15, 0.2) is 59.5 Å². The van der Waals surface area contributed by atoms with E-state index in [-0.39, 0.29) is 11.9 Å². The Morgan fingerprint density at radius 1 is 1.04 bits per heavy atom. The highest BCUT2D eigenvalue weighted by atomic mass is 32.2. The van der Waals surface area contributed by atoms with Crippen LogP contribution in [0.3, 0.4) is 0 Å². The first-order valence-electron chi connectivity index (χ1n) is 9.15.